The maximum Gasteiger partial charge on any atom is 0.236 e. The summed E-state index contributed by atoms with van der Waals surface area (Å²) in [7, 11) is 1.85. The Balaban J connectivity index is 1.79. The standard InChI is InChI=1S/C17H31N3O3/c1-3-20(15-7-5-4-6-8-15)17(22)14-18(2)13-16(21)19-9-11-23-12-10-19/h15H,3-14H2,1-2H3. The second-order valence-corrected chi connectivity index (χ2v) is 6.64. The summed E-state index contributed by atoms with van der Waals surface area (Å²) in [6.45, 7) is 5.96. The fraction of sp³-hybridized carbons (Fsp3) is 0.882. The van der Waals surface area contributed by atoms with Crippen LogP contribution in [0.3, 0.4) is 0 Å². The van der Waals surface area contributed by atoms with Gasteiger partial charge in [0, 0.05) is 25.7 Å². The first-order chi connectivity index (χ1) is 11.1. The highest BCUT2D eigenvalue weighted by Crippen LogP contribution is 2.22. The summed E-state index contributed by atoms with van der Waals surface area (Å²) in [5.41, 5.74) is 0. The lowest BCUT2D eigenvalue weighted by molar-refractivity contribution is -0.138. The monoisotopic (exact) mass is 325 g/mol. The number of likely N-dealkylation sites (N-methyl/N-ethyl adjacent to an activating group) is 2. The summed E-state index contributed by atoms with van der Waals surface area (Å²) < 4.78 is 5.26. The molecule has 2 amide bonds. The number of nitrogens with zero attached hydrogens (tertiary/aromatic N) is 3. The maximum absolute atomic E-state index is 12.6. The quantitative estimate of drug-likeness (QED) is 0.730. The molecule has 0 aromatic heterocycles. The van der Waals surface area contributed by atoms with Gasteiger partial charge >= 0.3 is 0 Å². The van der Waals surface area contributed by atoms with Gasteiger partial charge in [-0.15, -0.1) is 0 Å². The van der Waals surface area contributed by atoms with Crippen LogP contribution < -0.4 is 0 Å². The van der Waals surface area contributed by atoms with Crippen LogP contribution in [-0.2, 0) is 14.3 Å². The minimum absolute atomic E-state index is 0.0873. The summed E-state index contributed by atoms with van der Waals surface area (Å²) in [6, 6.07) is 0.393. The van der Waals surface area contributed by atoms with Crippen LogP contribution in [0.4, 0.5) is 0 Å². The third-order valence-corrected chi connectivity index (χ3v) is 4.85. The fourth-order valence-corrected chi connectivity index (χ4v) is 3.55. The van der Waals surface area contributed by atoms with Gasteiger partial charge in [-0.25, -0.2) is 0 Å². The Morgan fingerprint density at radius 2 is 1.74 bits per heavy atom. The minimum Gasteiger partial charge on any atom is -0.378 e. The van der Waals surface area contributed by atoms with Crippen LogP contribution in [0, 0.1) is 0 Å². The average Bonchev–Trinajstić information content (AvgIpc) is 2.57. The van der Waals surface area contributed by atoms with Crippen molar-refractivity contribution in [1.29, 1.82) is 0 Å². The number of carbonyl (C=O) groups is 2. The number of ether oxygens (including phenoxy) is 1. The van der Waals surface area contributed by atoms with Crippen LogP contribution in [-0.4, -0.2) is 85.5 Å². The molecule has 1 saturated heterocycles. The van der Waals surface area contributed by atoms with Crippen molar-refractivity contribution in [2.75, 3.05) is 53.0 Å². The van der Waals surface area contributed by atoms with Crippen molar-refractivity contribution in [2.24, 2.45) is 0 Å². The van der Waals surface area contributed by atoms with Crippen molar-refractivity contribution in [2.45, 2.75) is 45.1 Å². The Bertz CT molecular complexity index is 391. The van der Waals surface area contributed by atoms with Gasteiger partial charge in [0.2, 0.25) is 11.8 Å². The molecular formula is C17H31N3O3. The molecule has 1 saturated carbocycles. The molecule has 0 spiro atoms. The lowest BCUT2D eigenvalue weighted by atomic mass is 9.94. The number of amides is 2. The summed E-state index contributed by atoms with van der Waals surface area (Å²) in [5, 5.41) is 0. The third kappa shape index (κ3) is 5.46. The van der Waals surface area contributed by atoms with Gasteiger partial charge in [-0.05, 0) is 26.8 Å². The molecule has 6 nitrogen and oxygen atoms in total. The van der Waals surface area contributed by atoms with E-state index in [1.807, 2.05) is 28.7 Å². The minimum atomic E-state index is 0.0873. The van der Waals surface area contributed by atoms with E-state index < -0.39 is 0 Å². The topological polar surface area (TPSA) is 53.1 Å². The predicted octanol–water partition coefficient (Wildman–Crippen LogP) is 0.958. The molecule has 0 aromatic carbocycles. The highest BCUT2D eigenvalue weighted by molar-refractivity contribution is 5.81. The highest BCUT2D eigenvalue weighted by Gasteiger charge is 2.25. The molecule has 0 atom stereocenters. The average molecular weight is 325 g/mol. The van der Waals surface area contributed by atoms with Crippen LogP contribution in [0.1, 0.15) is 39.0 Å². The van der Waals surface area contributed by atoms with E-state index in [4.69, 9.17) is 4.74 Å². The van der Waals surface area contributed by atoms with E-state index in [9.17, 15) is 9.59 Å². The van der Waals surface area contributed by atoms with Gasteiger partial charge < -0.3 is 14.5 Å². The normalized spacial score (nSPS) is 19.9. The number of hydrogen-bond donors (Lipinski definition) is 0. The first-order valence-electron chi connectivity index (χ1n) is 8.95. The summed E-state index contributed by atoms with van der Waals surface area (Å²) >= 11 is 0. The van der Waals surface area contributed by atoms with E-state index in [2.05, 4.69) is 0 Å². The van der Waals surface area contributed by atoms with Gasteiger partial charge in [-0.2, -0.15) is 0 Å². The maximum atomic E-state index is 12.6. The molecule has 0 radical (unpaired) electrons. The Kier molecular flexibility index (Phi) is 7.30. The first kappa shape index (κ1) is 18.2. The fourth-order valence-electron chi connectivity index (χ4n) is 3.55. The van der Waals surface area contributed by atoms with Crippen molar-refractivity contribution >= 4 is 11.8 Å². The molecule has 6 heteroatoms. The van der Waals surface area contributed by atoms with Gasteiger partial charge in [0.25, 0.3) is 0 Å². The molecule has 0 aromatic rings. The summed E-state index contributed by atoms with van der Waals surface area (Å²) in [5.74, 6) is 0.237. The molecule has 132 valence electrons. The van der Waals surface area contributed by atoms with Gasteiger partial charge in [-0.1, -0.05) is 19.3 Å². The first-order valence-corrected chi connectivity index (χ1v) is 8.95. The lowest BCUT2D eigenvalue weighted by Gasteiger charge is -2.35. The number of morpholine rings is 1. The van der Waals surface area contributed by atoms with E-state index >= 15 is 0 Å². The largest absolute Gasteiger partial charge is 0.378 e. The molecule has 0 N–H and O–H groups in total. The van der Waals surface area contributed by atoms with Crippen molar-refractivity contribution < 1.29 is 14.3 Å². The van der Waals surface area contributed by atoms with Crippen LogP contribution in [0.15, 0.2) is 0 Å². The Labute approximate surface area is 139 Å². The van der Waals surface area contributed by atoms with E-state index in [1.54, 1.807) is 0 Å². The number of hydrogen-bond acceptors (Lipinski definition) is 4. The number of carbonyl (C=O) groups excluding carboxylic acids is 2. The van der Waals surface area contributed by atoms with Crippen LogP contribution >= 0.6 is 0 Å². The van der Waals surface area contributed by atoms with Crippen LogP contribution in [0.5, 0.6) is 0 Å². The molecule has 0 unspecified atom stereocenters. The van der Waals surface area contributed by atoms with Gasteiger partial charge in [0.15, 0.2) is 0 Å². The highest BCUT2D eigenvalue weighted by atomic mass is 16.5. The van der Waals surface area contributed by atoms with Gasteiger partial charge in [0.05, 0.1) is 26.3 Å². The molecule has 1 heterocycles. The lowest BCUT2D eigenvalue weighted by Crippen LogP contribution is -2.49. The smallest absolute Gasteiger partial charge is 0.236 e. The van der Waals surface area contributed by atoms with E-state index in [-0.39, 0.29) is 11.8 Å². The SMILES string of the molecule is CCN(C(=O)CN(C)CC(=O)N1CCOCC1)C1CCCCC1. The second kappa shape index (κ2) is 9.23. The van der Waals surface area contributed by atoms with Crippen molar-refractivity contribution in [3.8, 4) is 0 Å². The summed E-state index contributed by atoms with van der Waals surface area (Å²) in [6.07, 6.45) is 5.97. The molecule has 2 aliphatic rings. The molecule has 1 aliphatic carbocycles. The van der Waals surface area contributed by atoms with E-state index in [0.717, 1.165) is 19.4 Å². The molecule has 1 aliphatic heterocycles. The predicted molar refractivity (Wildman–Crippen MR) is 89.2 cm³/mol. The van der Waals surface area contributed by atoms with Crippen molar-refractivity contribution in [3.05, 3.63) is 0 Å². The number of rotatable bonds is 6. The molecule has 2 fully saturated rings. The van der Waals surface area contributed by atoms with Crippen molar-refractivity contribution in [3.63, 3.8) is 0 Å². The van der Waals surface area contributed by atoms with Crippen LogP contribution in [0.25, 0.3) is 0 Å². The third-order valence-electron chi connectivity index (χ3n) is 4.85. The Hall–Kier alpha value is -1.14. The second-order valence-electron chi connectivity index (χ2n) is 6.64. The zero-order valence-electron chi connectivity index (χ0n) is 14.6. The Morgan fingerprint density at radius 3 is 2.35 bits per heavy atom. The van der Waals surface area contributed by atoms with Gasteiger partial charge in [0.1, 0.15) is 0 Å². The summed E-state index contributed by atoms with van der Waals surface area (Å²) in [4.78, 5) is 30.5. The van der Waals surface area contributed by atoms with Gasteiger partial charge in [-0.3, -0.25) is 14.5 Å². The zero-order valence-corrected chi connectivity index (χ0v) is 14.6. The van der Waals surface area contributed by atoms with E-state index in [1.165, 1.54) is 19.3 Å². The van der Waals surface area contributed by atoms with Crippen LogP contribution in [0.2, 0.25) is 0 Å². The molecular weight excluding hydrogens is 294 g/mol. The van der Waals surface area contributed by atoms with E-state index in [0.29, 0.717) is 45.4 Å². The van der Waals surface area contributed by atoms with Crippen molar-refractivity contribution in [1.82, 2.24) is 14.7 Å². The molecule has 23 heavy (non-hydrogen) atoms. The zero-order chi connectivity index (χ0) is 16.7. The Morgan fingerprint density at radius 1 is 1.09 bits per heavy atom. The molecule has 2 rings (SSSR count). The molecule has 0 bridgehead atoms.